The van der Waals surface area contributed by atoms with Crippen LogP contribution in [0.2, 0.25) is 5.02 Å². The number of nitrogens with zero attached hydrogens (tertiary/aromatic N) is 1. The van der Waals surface area contributed by atoms with E-state index < -0.39 is 6.04 Å². The molecule has 3 rings (SSSR count). The summed E-state index contributed by atoms with van der Waals surface area (Å²) >= 11 is 5.84. The average molecular weight is 331 g/mol. The van der Waals surface area contributed by atoms with Crippen LogP contribution in [0.4, 0.5) is 11.4 Å². The lowest BCUT2D eigenvalue weighted by Crippen LogP contribution is -2.35. The number of anilines is 2. The van der Waals surface area contributed by atoms with Crippen LogP contribution >= 0.6 is 11.6 Å². The zero-order chi connectivity index (χ0) is 16.6. The average Bonchev–Trinajstić information content (AvgIpc) is 2.77. The Morgan fingerprint density at radius 1 is 1.17 bits per heavy atom. The van der Waals surface area contributed by atoms with Gasteiger partial charge in [-0.2, -0.15) is 0 Å². The van der Waals surface area contributed by atoms with E-state index in [1.165, 1.54) is 17.0 Å². The molecule has 2 aromatic rings. The van der Waals surface area contributed by atoms with Crippen molar-refractivity contribution in [1.29, 1.82) is 0 Å². The van der Waals surface area contributed by atoms with Crippen LogP contribution < -0.4 is 10.2 Å². The summed E-state index contributed by atoms with van der Waals surface area (Å²) in [5.41, 5.74) is 1.89. The number of halogens is 1. The molecule has 23 heavy (non-hydrogen) atoms. The maximum Gasteiger partial charge on any atom is 0.256 e. The number of amides is 2. The molecule has 1 heterocycles. The van der Waals surface area contributed by atoms with Crippen molar-refractivity contribution in [2.75, 3.05) is 10.2 Å². The molecule has 0 saturated carbocycles. The lowest BCUT2D eigenvalue weighted by atomic mass is 10.1. The highest BCUT2D eigenvalue weighted by Gasteiger charge is 2.40. The van der Waals surface area contributed by atoms with Crippen molar-refractivity contribution in [1.82, 2.24) is 0 Å². The summed E-state index contributed by atoms with van der Waals surface area (Å²) in [7, 11) is 0. The maximum absolute atomic E-state index is 12.6. The Hall–Kier alpha value is -2.53. The van der Waals surface area contributed by atoms with Gasteiger partial charge in [-0.3, -0.25) is 9.59 Å². The SMILES string of the molecule is Cc1cc(O)ccc1N1C(=O)CC(Nc2ccc(Cl)cc2)C1=O. The highest BCUT2D eigenvalue weighted by Crippen LogP contribution is 2.29. The van der Waals surface area contributed by atoms with E-state index in [0.29, 0.717) is 16.3 Å². The highest BCUT2D eigenvalue weighted by atomic mass is 35.5. The van der Waals surface area contributed by atoms with Gasteiger partial charge in [-0.05, 0) is 55.0 Å². The first-order chi connectivity index (χ1) is 11.0. The number of nitrogens with one attached hydrogen (secondary N) is 1. The van der Waals surface area contributed by atoms with Gasteiger partial charge in [0.1, 0.15) is 11.8 Å². The van der Waals surface area contributed by atoms with Crippen LogP contribution in [-0.2, 0) is 9.59 Å². The third-order valence-electron chi connectivity index (χ3n) is 3.75. The van der Waals surface area contributed by atoms with Crippen molar-refractivity contribution < 1.29 is 14.7 Å². The van der Waals surface area contributed by atoms with E-state index in [0.717, 1.165) is 5.69 Å². The molecule has 1 aliphatic rings. The summed E-state index contributed by atoms with van der Waals surface area (Å²) in [6.45, 7) is 1.75. The summed E-state index contributed by atoms with van der Waals surface area (Å²) in [5.74, 6) is -0.477. The van der Waals surface area contributed by atoms with Crippen molar-refractivity contribution in [3.8, 4) is 5.75 Å². The molecule has 0 radical (unpaired) electrons. The van der Waals surface area contributed by atoms with Crippen LogP contribution in [0, 0.1) is 6.92 Å². The predicted octanol–water partition coefficient (Wildman–Crippen LogP) is 3.10. The first kappa shape index (κ1) is 15.4. The maximum atomic E-state index is 12.6. The van der Waals surface area contributed by atoms with E-state index in [9.17, 15) is 14.7 Å². The van der Waals surface area contributed by atoms with Gasteiger partial charge in [0.15, 0.2) is 0 Å². The largest absolute Gasteiger partial charge is 0.508 e. The number of benzene rings is 2. The zero-order valence-corrected chi connectivity index (χ0v) is 13.2. The molecule has 2 amide bonds. The highest BCUT2D eigenvalue weighted by molar-refractivity contribution is 6.30. The standard InChI is InChI=1S/C17H15ClN2O3/c1-10-8-13(21)6-7-15(10)20-16(22)9-14(17(20)23)19-12-4-2-11(18)3-5-12/h2-8,14,19,21H,9H2,1H3. The molecule has 6 heteroatoms. The van der Waals surface area contributed by atoms with E-state index in [1.807, 2.05) is 0 Å². The number of hydrogen-bond acceptors (Lipinski definition) is 4. The second-order valence-electron chi connectivity index (χ2n) is 5.45. The molecule has 1 aliphatic heterocycles. The molecule has 0 spiro atoms. The quantitative estimate of drug-likeness (QED) is 0.848. The predicted molar refractivity (Wildman–Crippen MR) is 88.8 cm³/mol. The van der Waals surface area contributed by atoms with Crippen molar-refractivity contribution in [2.24, 2.45) is 0 Å². The molecule has 2 N–H and O–H groups in total. The van der Waals surface area contributed by atoms with Crippen LogP contribution in [0.25, 0.3) is 0 Å². The minimum atomic E-state index is -0.614. The van der Waals surface area contributed by atoms with E-state index in [-0.39, 0.29) is 24.0 Å². The summed E-state index contributed by atoms with van der Waals surface area (Å²) in [5, 5.41) is 13.1. The van der Waals surface area contributed by atoms with Gasteiger partial charge in [0.2, 0.25) is 5.91 Å². The fourth-order valence-electron chi connectivity index (χ4n) is 2.64. The first-order valence-corrected chi connectivity index (χ1v) is 7.52. The Balaban J connectivity index is 1.83. The number of aryl methyl sites for hydroxylation is 1. The number of imide groups is 1. The van der Waals surface area contributed by atoms with Crippen LogP contribution in [0.1, 0.15) is 12.0 Å². The number of aromatic hydroxyl groups is 1. The Kier molecular flexibility index (Phi) is 3.96. The van der Waals surface area contributed by atoms with E-state index in [4.69, 9.17) is 11.6 Å². The van der Waals surface area contributed by atoms with Crippen molar-refractivity contribution in [3.63, 3.8) is 0 Å². The monoisotopic (exact) mass is 330 g/mol. The second-order valence-corrected chi connectivity index (χ2v) is 5.88. The summed E-state index contributed by atoms with van der Waals surface area (Å²) in [6, 6.07) is 10.9. The Bertz CT molecular complexity index is 774. The molecule has 1 unspecified atom stereocenters. The summed E-state index contributed by atoms with van der Waals surface area (Å²) in [4.78, 5) is 26.0. The van der Waals surface area contributed by atoms with Gasteiger partial charge in [-0.25, -0.2) is 4.90 Å². The molecule has 5 nitrogen and oxygen atoms in total. The third-order valence-corrected chi connectivity index (χ3v) is 4.01. The first-order valence-electron chi connectivity index (χ1n) is 7.14. The lowest BCUT2D eigenvalue weighted by molar-refractivity contribution is -0.121. The molecule has 2 aromatic carbocycles. The minimum Gasteiger partial charge on any atom is -0.508 e. The van der Waals surface area contributed by atoms with Gasteiger partial charge in [0.05, 0.1) is 12.1 Å². The van der Waals surface area contributed by atoms with Gasteiger partial charge in [0.25, 0.3) is 5.91 Å². The van der Waals surface area contributed by atoms with E-state index >= 15 is 0 Å². The normalized spacial score (nSPS) is 17.7. The minimum absolute atomic E-state index is 0.0851. The van der Waals surface area contributed by atoms with Crippen LogP contribution in [0.5, 0.6) is 5.75 Å². The van der Waals surface area contributed by atoms with Gasteiger partial charge < -0.3 is 10.4 Å². The van der Waals surface area contributed by atoms with Crippen LogP contribution in [-0.4, -0.2) is 23.0 Å². The Labute approximate surface area is 138 Å². The number of carbonyl (C=O) groups excluding carboxylic acids is 2. The number of phenolic OH excluding ortho intramolecular Hbond substituents is 1. The van der Waals surface area contributed by atoms with Crippen LogP contribution in [0.3, 0.4) is 0 Å². The molecule has 0 aromatic heterocycles. The van der Waals surface area contributed by atoms with Gasteiger partial charge in [0, 0.05) is 10.7 Å². The van der Waals surface area contributed by atoms with Crippen molar-refractivity contribution in [2.45, 2.75) is 19.4 Å². The molecule has 0 bridgehead atoms. The molecule has 1 atom stereocenters. The number of carbonyl (C=O) groups is 2. The van der Waals surface area contributed by atoms with Gasteiger partial charge >= 0.3 is 0 Å². The molecule has 0 aliphatic carbocycles. The Morgan fingerprint density at radius 3 is 2.52 bits per heavy atom. The molecular formula is C17H15ClN2O3. The van der Waals surface area contributed by atoms with E-state index in [2.05, 4.69) is 5.32 Å². The molecular weight excluding hydrogens is 316 g/mol. The zero-order valence-electron chi connectivity index (χ0n) is 12.4. The van der Waals surface area contributed by atoms with Gasteiger partial charge in [-0.1, -0.05) is 11.6 Å². The van der Waals surface area contributed by atoms with Gasteiger partial charge in [-0.15, -0.1) is 0 Å². The third kappa shape index (κ3) is 3.00. The fraction of sp³-hybridized carbons (Fsp3) is 0.176. The summed E-state index contributed by atoms with van der Waals surface area (Å²) < 4.78 is 0. The Morgan fingerprint density at radius 2 is 1.87 bits per heavy atom. The summed E-state index contributed by atoms with van der Waals surface area (Å²) in [6.07, 6.45) is 0.0851. The van der Waals surface area contributed by atoms with Crippen LogP contribution in [0.15, 0.2) is 42.5 Å². The molecule has 1 fully saturated rings. The topological polar surface area (TPSA) is 69.6 Å². The fourth-order valence-corrected chi connectivity index (χ4v) is 2.76. The lowest BCUT2D eigenvalue weighted by Gasteiger charge is -2.18. The number of phenols is 1. The number of rotatable bonds is 3. The van der Waals surface area contributed by atoms with E-state index in [1.54, 1.807) is 37.3 Å². The van der Waals surface area contributed by atoms with Crippen molar-refractivity contribution in [3.05, 3.63) is 53.1 Å². The second kappa shape index (κ2) is 5.93. The molecule has 1 saturated heterocycles. The smallest absolute Gasteiger partial charge is 0.256 e. The molecule has 118 valence electrons. The van der Waals surface area contributed by atoms with Crippen molar-refractivity contribution >= 4 is 34.8 Å². The number of hydrogen-bond donors (Lipinski definition) is 2.